The second kappa shape index (κ2) is 7.06. The third kappa shape index (κ3) is 3.94. The van der Waals surface area contributed by atoms with Crippen molar-refractivity contribution in [2.75, 3.05) is 19.0 Å². The molecule has 2 aromatic carbocycles. The van der Waals surface area contributed by atoms with Gasteiger partial charge in [0.25, 0.3) is 0 Å². The van der Waals surface area contributed by atoms with Gasteiger partial charge in [0, 0.05) is 29.4 Å². The van der Waals surface area contributed by atoms with Gasteiger partial charge in [-0.15, -0.1) is 0 Å². The third-order valence-electron chi connectivity index (χ3n) is 3.37. The molecule has 0 aromatic heterocycles. The molecule has 3 nitrogen and oxygen atoms in total. The predicted octanol–water partition coefficient (Wildman–Crippen LogP) is 3.10. The molecule has 0 amide bonds. The van der Waals surface area contributed by atoms with Crippen LogP contribution in [0.25, 0.3) is 0 Å². The van der Waals surface area contributed by atoms with Crippen molar-refractivity contribution in [3.63, 3.8) is 0 Å². The van der Waals surface area contributed by atoms with Gasteiger partial charge in [0.05, 0.1) is 0 Å². The summed E-state index contributed by atoms with van der Waals surface area (Å²) in [6, 6.07) is 17.2. The number of nitrogens with two attached hydrogens (primary N) is 1. The smallest absolute Gasteiger partial charge is 0.0500 e. The van der Waals surface area contributed by atoms with E-state index in [0.717, 1.165) is 6.42 Å². The Morgan fingerprint density at radius 3 is 2.15 bits per heavy atom. The van der Waals surface area contributed by atoms with Gasteiger partial charge in [-0.3, -0.25) is 11.3 Å². The third-order valence-corrected chi connectivity index (χ3v) is 4.09. The Morgan fingerprint density at radius 1 is 1.05 bits per heavy atom. The van der Waals surface area contributed by atoms with Crippen LogP contribution in [0.3, 0.4) is 0 Å². The van der Waals surface area contributed by atoms with Gasteiger partial charge in [-0.05, 0) is 64.4 Å². The molecule has 0 fully saturated rings. The van der Waals surface area contributed by atoms with Gasteiger partial charge in [-0.2, -0.15) is 0 Å². The highest BCUT2D eigenvalue weighted by atomic mass is 127. The lowest BCUT2D eigenvalue weighted by atomic mass is 9.99. The highest BCUT2D eigenvalue weighted by molar-refractivity contribution is 14.1. The molecule has 106 valence electrons. The van der Waals surface area contributed by atoms with Gasteiger partial charge < -0.3 is 4.90 Å². The van der Waals surface area contributed by atoms with Gasteiger partial charge in [-0.25, -0.2) is 0 Å². The van der Waals surface area contributed by atoms with Gasteiger partial charge >= 0.3 is 0 Å². The molecule has 1 atom stereocenters. The first-order valence-electron chi connectivity index (χ1n) is 6.58. The van der Waals surface area contributed by atoms with E-state index < -0.39 is 0 Å². The lowest BCUT2D eigenvalue weighted by Crippen LogP contribution is -2.29. The minimum absolute atomic E-state index is 0.131. The number of nitrogens with one attached hydrogen (secondary N) is 1. The highest BCUT2D eigenvalue weighted by Gasteiger charge is 2.10. The summed E-state index contributed by atoms with van der Waals surface area (Å²) in [7, 11) is 4.08. The highest BCUT2D eigenvalue weighted by Crippen LogP contribution is 2.21. The first-order valence-corrected chi connectivity index (χ1v) is 7.66. The van der Waals surface area contributed by atoms with Crippen LogP contribution in [0.1, 0.15) is 17.2 Å². The second-order valence-corrected chi connectivity index (χ2v) is 6.28. The van der Waals surface area contributed by atoms with E-state index >= 15 is 0 Å². The van der Waals surface area contributed by atoms with Crippen LogP contribution < -0.4 is 16.2 Å². The lowest BCUT2D eigenvalue weighted by molar-refractivity contribution is 0.552. The fourth-order valence-electron chi connectivity index (χ4n) is 2.13. The number of rotatable bonds is 5. The number of anilines is 1. The largest absolute Gasteiger partial charge is 0.378 e. The number of hydrazine groups is 1. The van der Waals surface area contributed by atoms with Crippen molar-refractivity contribution < 1.29 is 0 Å². The Bertz CT molecular complexity index is 535. The maximum absolute atomic E-state index is 5.72. The molecule has 0 aliphatic rings. The van der Waals surface area contributed by atoms with E-state index in [1.54, 1.807) is 0 Å². The van der Waals surface area contributed by atoms with Crippen molar-refractivity contribution in [3.8, 4) is 0 Å². The quantitative estimate of drug-likeness (QED) is 0.475. The SMILES string of the molecule is CN(C)c1ccc(C(Cc2ccc(I)cc2)NN)cc1. The van der Waals surface area contributed by atoms with Crippen LogP contribution in [-0.4, -0.2) is 14.1 Å². The molecule has 0 spiro atoms. The van der Waals surface area contributed by atoms with Crippen molar-refractivity contribution >= 4 is 28.3 Å². The van der Waals surface area contributed by atoms with Gasteiger partial charge in [0.15, 0.2) is 0 Å². The lowest BCUT2D eigenvalue weighted by Gasteiger charge is -2.18. The van der Waals surface area contributed by atoms with Crippen LogP contribution in [0.2, 0.25) is 0 Å². The zero-order chi connectivity index (χ0) is 14.5. The van der Waals surface area contributed by atoms with E-state index in [0.29, 0.717) is 0 Å². The van der Waals surface area contributed by atoms with Crippen LogP contribution in [0.5, 0.6) is 0 Å². The fraction of sp³-hybridized carbons (Fsp3) is 0.250. The standard InChI is InChI=1S/C16H20IN3/c1-20(2)15-9-5-13(6-10-15)16(19-18)11-12-3-7-14(17)8-4-12/h3-10,16,19H,11,18H2,1-2H3. The molecule has 0 saturated carbocycles. The van der Waals surface area contributed by atoms with Crippen molar-refractivity contribution in [1.82, 2.24) is 5.43 Å². The minimum atomic E-state index is 0.131. The van der Waals surface area contributed by atoms with Gasteiger partial charge in [-0.1, -0.05) is 24.3 Å². The molecule has 3 N–H and O–H groups in total. The Balaban J connectivity index is 2.13. The van der Waals surface area contributed by atoms with Crippen LogP contribution in [0, 0.1) is 3.57 Å². The van der Waals surface area contributed by atoms with E-state index in [1.807, 2.05) is 14.1 Å². The summed E-state index contributed by atoms with van der Waals surface area (Å²) in [6.45, 7) is 0. The number of halogens is 1. The summed E-state index contributed by atoms with van der Waals surface area (Å²) in [4.78, 5) is 2.09. The zero-order valence-electron chi connectivity index (χ0n) is 11.8. The molecule has 0 heterocycles. The predicted molar refractivity (Wildman–Crippen MR) is 93.7 cm³/mol. The first kappa shape index (κ1) is 15.3. The molecular weight excluding hydrogens is 361 g/mol. The van der Waals surface area contributed by atoms with Crippen LogP contribution >= 0.6 is 22.6 Å². The van der Waals surface area contributed by atoms with E-state index in [1.165, 1.54) is 20.4 Å². The summed E-state index contributed by atoms with van der Waals surface area (Å²) >= 11 is 2.32. The van der Waals surface area contributed by atoms with E-state index in [2.05, 4.69) is 81.4 Å². The number of benzene rings is 2. The molecule has 0 bridgehead atoms. The first-order chi connectivity index (χ1) is 9.60. The van der Waals surface area contributed by atoms with Gasteiger partial charge in [0.2, 0.25) is 0 Å². The normalized spacial score (nSPS) is 12.2. The summed E-state index contributed by atoms with van der Waals surface area (Å²) in [5, 5.41) is 0. The summed E-state index contributed by atoms with van der Waals surface area (Å²) in [6.07, 6.45) is 0.884. The maximum Gasteiger partial charge on any atom is 0.0500 e. The summed E-state index contributed by atoms with van der Waals surface area (Å²) in [5.74, 6) is 5.72. The molecule has 0 aliphatic carbocycles. The van der Waals surface area contributed by atoms with Gasteiger partial charge in [0.1, 0.15) is 0 Å². The molecule has 2 aromatic rings. The molecule has 0 aliphatic heterocycles. The summed E-state index contributed by atoms with van der Waals surface area (Å²) in [5.41, 5.74) is 6.60. The Labute approximate surface area is 134 Å². The molecule has 1 unspecified atom stereocenters. The number of hydrogen-bond donors (Lipinski definition) is 2. The Kier molecular flexibility index (Phi) is 5.39. The van der Waals surface area contributed by atoms with Crippen molar-refractivity contribution in [3.05, 3.63) is 63.2 Å². The topological polar surface area (TPSA) is 41.3 Å². The average molecular weight is 381 g/mol. The Morgan fingerprint density at radius 2 is 1.65 bits per heavy atom. The Hall–Kier alpha value is -1.11. The molecule has 0 saturated heterocycles. The van der Waals surface area contributed by atoms with E-state index in [-0.39, 0.29) is 6.04 Å². The average Bonchev–Trinajstić information content (AvgIpc) is 2.47. The molecular formula is C16H20IN3. The number of nitrogens with zero attached hydrogens (tertiary/aromatic N) is 1. The van der Waals surface area contributed by atoms with Crippen molar-refractivity contribution in [1.29, 1.82) is 0 Å². The number of hydrogen-bond acceptors (Lipinski definition) is 3. The summed E-state index contributed by atoms with van der Waals surface area (Å²) < 4.78 is 1.25. The molecule has 4 heteroatoms. The zero-order valence-corrected chi connectivity index (χ0v) is 14.0. The van der Waals surface area contributed by atoms with Crippen LogP contribution in [0.15, 0.2) is 48.5 Å². The minimum Gasteiger partial charge on any atom is -0.378 e. The monoisotopic (exact) mass is 381 g/mol. The van der Waals surface area contributed by atoms with Crippen molar-refractivity contribution in [2.24, 2.45) is 5.84 Å². The second-order valence-electron chi connectivity index (χ2n) is 5.04. The van der Waals surface area contributed by atoms with Crippen LogP contribution in [0.4, 0.5) is 5.69 Å². The van der Waals surface area contributed by atoms with Crippen molar-refractivity contribution in [2.45, 2.75) is 12.5 Å². The fourth-order valence-corrected chi connectivity index (χ4v) is 2.49. The molecule has 20 heavy (non-hydrogen) atoms. The van der Waals surface area contributed by atoms with E-state index in [4.69, 9.17) is 5.84 Å². The van der Waals surface area contributed by atoms with Crippen LogP contribution in [-0.2, 0) is 6.42 Å². The molecule has 2 rings (SSSR count). The van der Waals surface area contributed by atoms with E-state index in [9.17, 15) is 0 Å². The maximum atomic E-state index is 5.72. The molecule has 0 radical (unpaired) electrons.